The highest BCUT2D eigenvalue weighted by atomic mass is 79.9. The Labute approximate surface area is 155 Å². The van der Waals surface area contributed by atoms with Gasteiger partial charge in [-0.15, -0.1) is 0 Å². The van der Waals surface area contributed by atoms with Crippen molar-refractivity contribution in [3.8, 4) is 0 Å². The fourth-order valence-electron chi connectivity index (χ4n) is 3.50. The molecule has 0 bridgehead atoms. The van der Waals surface area contributed by atoms with E-state index in [9.17, 15) is 14.4 Å². The number of rotatable bonds is 4. The lowest BCUT2D eigenvalue weighted by Gasteiger charge is -2.34. The fraction of sp³-hybridized carbons (Fsp3) is 0.500. The van der Waals surface area contributed by atoms with E-state index < -0.39 is 6.04 Å². The Bertz CT molecular complexity index is 676. The first kappa shape index (κ1) is 18.1. The number of anilines is 1. The molecular formula is C18H21BrN2O4. The van der Waals surface area contributed by atoms with Crippen molar-refractivity contribution in [3.05, 3.63) is 28.7 Å². The number of amides is 2. The van der Waals surface area contributed by atoms with Gasteiger partial charge in [0, 0.05) is 11.0 Å². The van der Waals surface area contributed by atoms with Crippen molar-refractivity contribution in [1.29, 1.82) is 0 Å². The maximum absolute atomic E-state index is 12.8. The third-order valence-corrected chi connectivity index (χ3v) is 5.25. The van der Waals surface area contributed by atoms with Gasteiger partial charge in [0.2, 0.25) is 5.91 Å². The molecule has 2 saturated heterocycles. The van der Waals surface area contributed by atoms with Crippen LogP contribution in [-0.4, -0.2) is 48.4 Å². The van der Waals surface area contributed by atoms with Gasteiger partial charge in [0.1, 0.15) is 0 Å². The average molecular weight is 409 g/mol. The van der Waals surface area contributed by atoms with Gasteiger partial charge in [-0.3, -0.25) is 19.3 Å². The number of nitrogens with zero attached hydrogens (tertiary/aromatic N) is 2. The molecule has 6 nitrogen and oxygen atoms in total. The maximum atomic E-state index is 12.8. The molecule has 3 rings (SSSR count). The molecule has 0 N–H and O–H groups in total. The van der Waals surface area contributed by atoms with Crippen molar-refractivity contribution in [3.63, 3.8) is 0 Å². The summed E-state index contributed by atoms with van der Waals surface area (Å²) in [5.41, 5.74) is 0.583. The lowest BCUT2D eigenvalue weighted by atomic mass is 9.96. The predicted octanol–water partition coefficient (Wildman–Crippen LogP) is 2.36. The van der Waals surface area contributed by atoms with E-state index in [0.29, 0.717) is 25.4 Å². The Morgan fingerprint density at radius 1 is 1.28 bits per heavy atom. The Morgan fingerprint density at radius 2 is 2.00 bits per heavy atom. The summed E-state index contributed by atoms with van der Waals surface area (Å²) >= 11 is 3.35. The minimum absolute atomic E-state index is 0.157. The number of ether oxygens (including phenoxy) is 1. The molecule has 0 spiro atoms. The smallest absolute Gasteiger partial charge is 0.310 e. The third-order valence-electron chi connectivity index (χ3n) is 4.72. The lowest BCUT2D eigenvalue weighted by Crippen LogP contribution is -2.48. The zero-order chi connectivity index (χ0) is 18.0. The Morgan fingerprint density at radius 3 is 2.68 bits per heavy atom. The lowest BCUT2D eigenvalue weighted by molar-refractivity contribution is -0.150. The number of likely N-dealkylation sites (tertiary alicyclic amines) is 1. The molecule has 2 amide bonds. The van der Waals surface area contributed by atoms with Crippen molar-refractivity contribution in [2.24, 2.45) is 5.92 Å². The number of imide groups is 1. The second-order valence-corrected chi connectivity index (χ2v) is 7.27. The van der Waals surface area contributed by atoms with Gasteiger partial charge in [-0.25, -0.2) is 4.90 Å². The highest BCUT2D eigenvalue weighted by molar-refractivity contribution is 9.10. The largest absolute Gasteiger partial charge is 0.466 e. The Hall–Kier alpha value is -1.73. The third kappa shape index (κ3) is 3.77. The van der Waals surface area contributed by atoms with Crippen LogP contribution in [0.1, 0.15) is 26.2 Å². The Balaban J connectivity index is 1.73. The molecule has 2 atom stereocenters. The van der Waals surface area contributed by atoms with Crippen LogP contribution in [-0.2, 0) is 19.1 Å². The van der Waals surface area contributed by atoms with Gasteiger partial charge >= 0.3 is 5.97 Å². The molecule has 2 heterocycles. The molecule has 1 aromatic carbocycles. The van der Waals surface area contributed by atoms with E-state index in [1.165, 1.54) is 4.90 Å². The number of carbonyl (C=O) groups excluding carboxylic acids is 3. The molecule has 25 heavy (non-hydrogen) atoms. The van der Waals surface area contributed by atoms with Crippen molar-refractivity contribution >= 4 is 39.4 Å². The van der Waals surface area contributed by atoms with Crippen LogP contribution in [0.4, 0.5) is 5.69 Å². The highest BCUT2D eigenvalue weighted by Crippen LogP contribution is 2.29. The SMILES string of the molecule is CCOC(=O)C1CCCN(C2CC(=O)N(c3ccc(Br)cc3)C2=O)C1. The van der Waals surface area contributed by atoms with Crippen LogP contribution in [0, 0.1) is 5.92 Å². The van der Waals surface area contributed by atoms with Crippen molar-refractivity contribution in [2.45, 2.75) is 32.2 Å². The molecule has 2 unspecified atom stereocenters. The van der Waals surface area contributed by atoms with E-state index in [-0.39, 0.29) is 30.1 Å². The first-order valence-electron chi connectivity index (χ1n) is 8.54. The standard InChI is InChI=1S/C18H21BrN2O4/c1-2-25-18(24)12-4-3-9-20(11-12)15-10-16(22)21(17(15)23)14-7-5-13(19)6-8-14/h5-8,12,15H,2-4,9-11H2,1H3. The van der Waals surface area contributed by atoms with Gasteiger partial charge in [0.05, 0.1) is 30.7 Å². The summed E-state index contributed by atoms with van der Waals surface area (Å²) in [7, 11) is 0. The first-order valence-corrected chi connectivity index (χ1v) is 9.33. The van der Waals surface area contributed by atoms with Crippen molar-refractivity contribution < 1.29 is 19.1 Å². The number of halogens is 1. The molecule has 0 aliphatic carbocycles. The summed E-state index contributed by atoms with van der Waals surface area (Å²) in [6.07, 6.45) is 1.74. The molecular weight excluding hydrogens is 388 g/mol. The number of carbonyl (C=O) groups is 3. The topological polar surface area (TPSA) is 66.9 Å². The monoisotopic (exact) mass is 408 g/mol. The summed E-state index contributed by atoms with van der Waals surface area (Å²) in [5.74, 6) is -0.848. The minimum atomic E-state index is -0.492. The van der Waals surface area contributed by atoms with Gasteiger partial charge in [-0.1, -0.05) is 15.9 Å². The van der Waals surface area contributed by atoms with Gasteiger partial charge in [-0.05, 0) is 50.6 Å². The van der Waals surface area contributed by atoms with Crippen molar-refractivity contribution in [1.82, 2.24) is 4.90 Å². The van der Waals surface area contributed by atoms with Crippen LogP contribution < -0.4 is 4.90 Å². The van der Waals surface area contributed by atoms with Crippen molar-refractivity contribution in [2.75, 3.05) is 24.6 Å². The summed E-state index contributed by atoms with van der Waals surface area (Å²) in [5, 5.41) is 0. The minimum Gasteiger partial charge on any atom is -0.466 e. The van der Waals surface area contributed by atoms with Gasteiger partial charge in [-0.2, -0.15) is 0 Å². The molecule has 0 saturated carbocycles. The molecule has 2 aliphatic rings. The van der Waals surface area contributed by atoms with E-state index in [0.717, 1.165) is 17.3 Å². The van der Waals surface area contributed by atoms with E-state index in [1.54, 1.807) is 31.2 Å². The zero-order valence-electron chi connectivity index (χ0n) is 14.1. The summed E-state index contributed by atoms with van der Waals surface area (Å²) in [6.45, 7) is 3.33. The van der Waals surface area contributed by atoms with Crippen LogP contribution in [0.5, 0.6) is 0 Å². The molecule has 134 valence electrons. The van der Waals surface area contributed by atoms with Gasteiger partial charge in [0.25, 0.3) is 5.91 Å². The molecule has 0 radical (unpaired) electrons. The normalized spacial score (nSPS) is 24.6. The van der Waals surface area contributed by atoms with E-state index >= 15 is 0 Å². The summed E-state index contributed by atoms with van der Waals surface area (Å²) < 4.78 is 6.00. The van der Waals surface area contributed by atoms with Crippen LogP contribution >= 0.6 is 15.9 Å². The van der Waals surface area contributed by atoms with Crippen LogP contribution in [0.25, 0.3) is 0 Å². The molecule has 1 aromatic rings. The maximum Gasteiger partial charge on any atom is 0.310 e. The number of hydrogen-bond acceptors (Lipinski definition) is 5. The quantitative estimate of drug-likeness (QED) is 0.564. The van der Waals surface area contributed by atoms with E-state index in [4.69, 9.17) is 4.74 Å². The summed E-state index contributed by atoms with van der Waals surface area (Å²) in [4.78, 5) is 40.5. The average Bonchev–Trinajstić information content (AvgIpc) is 2.91. The number of hydrogen-bond donors (Lipinski definition) is 0. The molecule has 2 aliphatic heterocycles. The van der Waals surface area contributed by atoms with E-state index in [1.807, 2.05) is 4.90 Å². The second kappa shape index (κ2) is 7.66. The molecule has 7 heteroatoms. The van der Waals surface area contributed by atoms with Gasteiger partial charge < -0.3 is 4.74 Å². The molecule has 0 aromatic heterocycles. The Kier molecular flexibility index (Phi) is 5.54. The van der Waals surface area contributed by atoms with Crippen LogP contribution in [0.2, 0.25) is 0 Å². The van der Waals surface area contributed by atoms with Gasteiger partial charge in [0.15, 0.2) is 0 Å². The van der Waals surface area contributed by atoms with E-state index in [2.05, 4.69) is 15.9 Å². The van der Waals surface area contributed by atoms with Crippen LogP contribution in [0.15, 0.2) is 28.7 Å². The molecule has 2 fully saturated rings. The van der Waals surface area contributed by atoms with Crippen LogP contribution in [0.3, 0.4) is 0 Å². The fourth-order valence-corrected chi connectivity index (χ4v) is 3.77. The predicted molar refractivity (Wildman–Crippen MR) is 96.0 cm³/mol. The highest BCUT2D eigenvalue weighted by Gasteiger charge is 2.44. The zero-order valence-corrected chi connectivity index (χ0v) is 15.7. The number of benzene rings is 1. The number of piperidine rings is 1. The first-order chi connectivity index (χ1) is 12.0. The second-order valence-electron chi connectivity index (χ2n) is 6.35. The number of esters is 1. The summed E-state index contributed by atoms with van der Waals surface area (Å²) in [6, 6.07) is 6.62.